The third-order valence-electron chi connectivity index (χ3n) is 3.73. The molecule has 0 radical (unpaired) electrons. The molecule has 0 saturated carbocycles. The van der Waals surface area contributed by atoms with Gasteiger partial charge in [0.1, 0.15) is 5.75 Å². The zero-order valence-corrected chi connectivity index (χ0v) is 13.0. The summed E-state index contributed by atoms with van der Waals surface area (Å²) in [4.78, 5) is 0. The largest absolute Gasteiger partial charge is 0.495 e. The lowest BCUT2D eigenvalue weighted by atomic mass is 9.87. The van der Waals surface area contributed by atoms with Crippen molar-refractivity contribution in [1.29, 1.82) is 0 Å². The van der Waals surface area contributed by atoms with Crippen molar-refractivity contribution in [1.82, 2.24) is 5.32 Å². The highest BCUT2D eigenvalue weighted by molar-refractivity contribution is 9.10. The molecule has 0 aliphatic carbocycles. The predicted molar refractivity (Wildman–Crippen MR) is 79.6 cm³/mol. The van der Waals surface area contributed by atoms with E-state index in [0.29, 0.717) is 11.8 Å². The molecule has 1 aliphatic rings. The Morgan fingerprint density at radius 2 is 1.94 bits per heavy atom. The van der Waals surface area contributed by atoms with Crippen molar-refractivity contribution in [3.63, 3.8) is 0 Å². The summed E-state index contributed by atoms with van der Waals surface area (Å²) in [6.07, 6.45) is 2.46. The average Bonchev–Trinajstić information content (AvgIpc) is 2.38. The normalized spacial score (nSPS) is 17.2. The van der Waals surface area contributed by atoms with Gasteiger partial charge >= 0.3 is 0 Å². The summed E-state index contributed by atoms with van der Waals surface area (Å²) in [5.41, 5.74) is 2.76. The third kappa shape index (κ3) is 2.89. The van der Waals surface area contributed by atoms with Gasteiger partial charge in [-0.05, 0) is 70.9 Å². The molecule has 0 bridgehead atoms. The molecule has 2 nitrogen and oxygen atoms in total. The Bertz CT molecular complexity index is 411. The molecule has 0 amide bonds. The van der Waals surface area contributed by atoms with Crippen LogP contribution in [0.15, 0.2) is 16.6 Å². The van der Waals surface area contributed by atoms with E-state index in [1.807, 2.05) is 0 Å². The lowest BCUT2D eigenvalue weighted by molar-refractivity contribution is 0.403. The van der Waals surface area contributed by atoms with Crippen LogP contribution in [0.4, 0.5) is 0 Å². The van der Waals surface area contributed by atoms with E-state index >= 15 is 0 Å². The highest BCUT2D eigenvalue weighted by Crippen LogP contribution is 2.38. The molecule has 1 N–H and O–H groups in total. The molecule has 100 valence electrons. The zero-order valence-electron chi connectivity index (χ0n) is 11.4. The van der Waals surface area contributed by atoms with E-state index in [1.54, 1.807) is 7.11 Å². The molecule has 0 atom stereocenters. The number of benzene rings is 1. The molecule has 2 rings (SSSR count). The first-order valence-corrected chi connectivity index (χ1v) is 7.50. The van der Waals surface area contributed by atoms with Crippen LogP contribution >= 0.6 is 15.9 Å². The average molecular weight is 312 g/mol. The summed E-state index contributed by atoms with van der Waals surface area (Å²) in [5.74, 6) is 2.16. The first kappa shape index (κ1) is 13.9. The monoisotopic (exact) mass is 311 g/mol. The molecule has 0 aromatic heterocycles. The number of nitrogens with one attached hydrogen (secondary N) is 1. The Morgan fingerprint density at radius 1 is 1.28 bits per heavy atom. The number of rotatable bonds is 3. The van der Waals surface area contributed by atoms with Gasteiger partial charge in [0.15, 0.2) is 0 Å². The number of hydrogen-bond donors (Lipinski definition) is 1. The van der Waals surface area contributed by atoms with Crippen LogP contribution in [-0.4, -0.2) is 20.2 Å². The molecule has 3 heteroatoms. The van der Waals surface area contributed by atoms with Crippen molar-refractivity contribution in [2.24, 2.45) is 0 Å². The molecule has 1 fully saturated rings. The van der Waals surface area contributed by atoms with Gasteiger partial charge in [0.05, 0.1) is 11.6 Å². The number of piperidine rings is 1. The van der Waals surface area contributed by atoms with Gasteiger partial charge in [0.2, 0.25) is 0 Å². The Kier molecular flexibility index (Phi) is 4.68. The first-order chi connectivity index (χ1) is 8.63. The Hall–Kier alpha value is -0.540. The van der Waals surface area contributed by atoms with E-state index in [9.17, 15) is 0 Å². The molecule has 1 aliphatic heterocycles. The van der Waals surface area contributed by atoms with E-state index in [4.69, 9.17) is 4.74 Å². The summed E-state index contributed by atoms with van der Waals surface area (Å²) in [6, 6.07) is 4.57. The fourth-order valence-corrected chi connectivity index (χ4v) is 3.33. The van der Waals surface area contributed by atoms with Gasteiger partial charge in [0.25, 0.3) is 0 Å². The second kappa shape index (κ2) is 6.07. The van der Waals surface area contributed by atoms with E-state index < -0.39 is 0 Å². The number of hydrogen-bond acceptors (Lipinski definition) is 2. The van der Waals surface area contributed by atoms with Gasteiger partial charge in [-0.3, -0.25) is 0 Å². The standard InChI is InChI=1S/C15H22BrNO/c1-10(2)13-8-12(9-14(16)15(13)18-3)11-4-6-17-7-5-11/h8-11,17H,4-7H2,1-3H3. The van der Waals surface area contributed by atoms with Gasteiger partial charge in [0, 0.05) is 0 Å². The summed E-state index contributed by atoms with van der Waals surface area (Å²) < 4.78 is 6.61. The lowest BCUT2D eigenvalue weighted by Gasteiger charge is -2.25. The Labute approximate surface area is 118 Å². The maximum absolute atomic E-state index is 5.52. The quantitative estimate of drug-likeness (QED) is 0.909. The van der Waals surface area contributed by atoms with Crippen molar-refractivity contribution in [3.05, 3.63) is 27.7 Å². The van der Waals surface area contributed by atoms with E-state index in [0.717, 1.165) is 23.3 Å². The first-order valence-electron chi connectivity index (χ1n) is 6.71. The van der Waals surface area contributed by atoms with Crippen LogP contribution < -0.4 is 10.1 Å². The van der Waals surface area contributed by atoms with Crippen molar-refractivity contribution >= 4 is 15.9 Å². The van der Waals surface area contributed by atoms with Gasteiger partial charge < -0.3 is 10.1 Å². The van der Waals surface area contributed by atoms with Crippen molar-refractivity contribution in [2.75, 3.05) is 20.2 Å². The molecule has 1 heterocycles. The van der Waals surface area contributed by atoms with Gasteiger partial charge in [-0.2, -0.15) is 0 Å². The number of ether oxygens (including phenoxy) is 1. The van der Waals surface area contributed by atoms with Crippen molar-refractivity contribution in [2.45, 2.75) is 38.5 Å². The maximum Gasteiger partial charge on any atom is 0.136 e. The molecule has 1 aromatic rings. The predicted octanol–water partition coefficient (Wildman–Crippen LogP) is 4.05. The number of halogens is 1. The molecule has 18 heavy (non-hydrogen) atoms. The Balaban J connectivity index is 2.37. The van der Waals surface area contributed by atoms with E-state index in [2.05, 4.69) is 47.2 Å². The topological polar surface area (TPSA) is 21.3 Å². The molecule has 0 unspecified atom stereocenters. The minimum Gasteiger partial charge on any atom is -0.495 e. The fourth-order valence-electron chi connectivity index (χ4n) is 2.67. The van der Waals surface area contributed by atoms with Crippen molar-refractivity contribution in [3.8, 4) is 5.75 Å². The van der Waals surface area contributed by atoms with E-state index in [1.165, 1.54) is 24.0 Å². The molecular weight excluding hydrogens is 290 g/mol. The van der Waals surface area contributed by atoms with Crippen LogP contribution in [0, 0.1) is 0 Å². The second-order valence-corrected chi connectivity index (χ2v) is 6.16. The summed E-state index contributed by atoms with van der Waals surface area (Å²) in [5, 5.41) is 3.42. The van der Waals surface area contributed by atoms with Crippen LogP contribution in [0.2, 0.25) is 0 Å². The lowest BCUT2D eigenvalue weighted by Crippen LogP contribution is -2.26. The highest BCUT2D eigenvalue weighted by Gasteiger charge is 2.19. The van der Waals surface area contributed by atoms with E-state index in [-0.39, 0.29) is 0 Å². The van der Waals surface area contributed by atoms with Crippen LogP contribution in [0.3, 0.4) is 0 Å². The molecule has 1 aromatic carbocycles. The van der Waals surface area contributed by atoms with Crippen LogP contribution in [0.5, 0.6) is 5.75 Å². The Morgan fingerprint density at radius 3 is 2.50 bits per heavy atom. The summed E-state index contributed by atoms with van der Waals surface area (Å²) in [7, 11) is 1.75. The van der Waals surface area contributed by atoms with Gasteiger partial charge in [-0.25, -0.2) is 0 Å². The maximum atomic E-state index is 5.52. The SMILES string of the molecule is COc1c(Br)cc(C2CCNCC2)cc1C(C)C. The molecule has 1 saturated heterocycles. The third-order valence-corrected chi connectivity index (χ3v) is 4.32. The van der Waals surface area contributed by atoms with Crippen LogP contribution in [0.25, 0.3) is 0 Å². The van der Waals surface area contributed by atoms with Crippen molar-refractivity contribution < 1.29 is 4.74 Å². The minimum atomic E-state index is 0.484. The summed E-state index contributed by atoms with van der Waals surface area (Å²) in [6.45, 7) is 6.70. The van der Waals surface area contributed by atoms with Gasteiger partial charge in [-0.15, -0.1) is 0 Å². The molecule has 0 spiro atoms. The van der Waals surface area contributed by atoms with Gasteiger partial charge in [-0.1, -0.05) is 19.9 Å². The fraction of sp³-hybridized carbons (Fsp3) is 0.600. The smallest absolute Gasteiger partial charge is 0.136 e. The van der Waals surface area contributed by atoms with Crippen LogP contribution in [0.1, 0.15) is 49.7 Å². The summed E-state index contributed by atoms with van der Waals surface area (Å²) >= 11 is 3.65. The highest BCUT2D eigenvalue weighted by atomic mass is 79.9. The number of methoxy groups -OCH3 is 1. The van der Waals surface area contributed by atoms with Crippen LogP contribution in [-0.2, 0) is 0 Å². The molecular formula is C15H22BrNO. The zero-order chi connectivity index (χ0) is 13.1. The second-order valence-electron chi connectivity index (χ2n) is 5.30. The minimum absolute atomic E-state index is 0.484.